The number of anilines is 1. The van der Waals surface area contributed by atoms with Crippen molar-refractivity contribution in [2.45, 2.75) is 76.6 Å². The van der Waals surface area contributed by atoms with Crippen LogP contribution in [0.2, 0.25) is 0 Å². The van der Waals surface area contributed by atoms with Gasteiger partial charge >= 0.3 is 23.5 Å². The first-order valence-corrected chi connectivity index (χ1v) is 22.7. The Morgan fingerprint density at radius 1 is 1.02 bits per heavy atom. The Balaban J connectivity index is 1.45. The second kappa shape index (κ2) is 21.6. The highest BCUT2D eigenvalue weighted by molar-refractivity contribution is 8.13. The molecule has 1 fully saturated rings. The summed E-state index contributed by atoms with van der Waals surface area (Å²) in [5.41, 5.74) is 9.59. The Labute approximate surface area is 334 Å². The second-order valence-electron chi connectivity index (χ2n) is 13.3. The maximum absolute atomic E-state index is 12.7. The van der Waals surface area contributed by atoms with Crippen LogP contribution in [0, 0.1) is 5.41 Å². The number of thioether (sulfide) groups is 1. The number of phosphoric ester groups is 3. The molecule has 30 heteroatoms. The summed E-state index contributed by atoms with van der Waals surface area (Å²) in [6.45, 7) is 0.738. The molecule has 12 N–H and O–H groups in total. The predicted octanol–water partition coefficient (Wildman–Crippen LogP) is -1.25. The smallest absolute Gasteiger partial charge is 0.386 e. The molecule has 3 heterocycles. The van der Waals surface area contributed by atoms with Gasteiger partial charge in [0.25, 0.3) is 0 Å². The standard InChI is InChI=1S/C28H47N8O18P3S/c1-28(2,23(41)26(42)32-8-6-18(38)31-9-10-58-19(39)11-16(37)5-3-4-7-29)13-51-57(48,49)54-56(46,47)50-12-17-22(53-55(43,44)45)21(40)27(52-17)36-15-35-20-24(30)33-14-34-25(20)36/h14-15,17,21-23,27,40-41H,3-13,29H2,1-2H3,(H,31,38)(H,32,42)(H,46,47)(H,48,49)(H2,30,33,34)(H2,43,44,45)/t17-,21-,22-,23+,27-/m1/s1. The van der Waals surface area contributed by atoms with Crippen molar-refractivity contribution < 1.29 is 85.3 Å². The number of fused-ring (bicyclic) bond motifs is 1. The molecule has 2 aromatic heterocycles. The number of hydrogen-bond donors (Lipinski definition) is 10. The lowest BCUT2D eigenvalue weighted by Crippen LogP contribution is -2.46. The van der Waals surface area contributed by atoms with Gasteiger partial charge in [0.2, 0.25) is 11.8 Å². The summed E-state index contributed by atoms with van der Waals surface area (Å²) < 4.78 is 62.1. The normalized spacial score (nSPS) is 21.3. The van der Waals surface area contributed by atoms with E-state index in [9.17, 15) is 62.7 Å². The number of phosphoric acid groups is 3. The summed E-state index contributed by atoms with van der Waals surface area (Å²) in [5.74, 6) is -1.53. The topological polar surface area (TPSA) is 407 Å². The highest BCUT2D eigenvalue weighted by Gasteiger charge is 2.50. The van der Waals surface area contributed by atoms with E-state index in [0.29, 0.717) is 19.4 Å². The van der Waals surface area contributed by atoms with Crippen molar-refractivity contribution in [3.63, 3.8) is 0 Å². The molecule has 2 aromatic rings. The van der Waals surface area contributed by atoms with Crippen molar-refractivity contribution in [3.05, 3.63) is 12.7 Å². The van der Waals surface area contributed by atoms with Gasteiger partial charge in [0.1, 0.15) is 42.0 Å². The Bertz CT molecular complexity index is 1900. The summed E-state index contributed by atoms with van der Waals surface area (Å²) >= 11 is 0.892. The Morgan fingerprint density at radius 2 is 1.71 bits per heavy atom. The molecule has 1 aliphatic heterocycles. The fraction of sp³-hybridized carbons (Fsp3) is 0.679. The fourth-order valence-corrected chi connectivity index (χ4v) is 8.59. The monoisotopic (exact) mass is 908 g/mol. The summed E-state index contributed by atoms with van der Waals surface area (Å²) in [4.78, 5) is 99.3. The van der Waals surface area contributed by atoms with Crippen molar-refractivity contribution in [2.24, 2.45) is 11.1 Å². The summed E-state index contributed by atoms with van der Waals surface area (Å²) in [6, 6.07) is 0. The number of nitrogen functional groups attached to an aromatic ring is 1. The second-order valence-corrected chi connectivity index (χ2v) is 18.6. The van der Waals surface area contributed by atoms with Crippen molar-refractivity contribution in [1.29, 1.82) is 0 Å². The molecule has 0 aliphatic carbocycles. The Hall–Kier alpha value is -2.81. The number of nitrogens with one attached hydrogen (secondary N) is 2. The molecule has 7 atom stereocenters. The van der Waals surface area contributed by atoms with Crippen molar-refractivity contribution in [2.75, 3.05) is 44.3 Å². The van der Waals surface area contributed by atoms with Crippen LogP contribution in [0.15, 0.2) is 12.7 Å². The minimum absolute atomic E-state index is 0.0229. The molecule has 2 amide bonds. The molecule has 0 radical (unpaired) electrons. The first-order valence-electron chi connectivity index (χ1n) is 17.2. The molecule has 0 aromatic carbocycles. The van der Waals surface area contributed by atoms with Crippen molar-refractivity contribution in [3.8, 4) is 0 Å². The maximum atomic E-state index is 12.7. The molecule has 1 aliphatic rings. The number of aromatic nitrogens is 4. The van der Waals surface area contributed by atoms with E-state index in [4.69, 9.17) is 25.3 Å². The lowest BCUT2D eigenvalue weighted by atomic mass is 9.87. The highest BCUT2D eigenvalue weighted by atomic mass is 32.2. The largest absolute Gasteiger partial charge is 0.481 e. The van der Waals surface area contributed by atoms with Crippen LogP contribution in [0.4, 0.5) is 5.82 Å². The summed E-state index contributed by atoms with van der Waals surface area (Å²) in [5, 5.41) is 26.0. The molecule has 2 unspecified atom stereocenters. The van der Waals surface area contributed by atoms with Gasteiger partial charge in [-0.3, -0.25) is 37.3 Å². The molecule has 1 saturated heterocycles. The number of nitrogens with two attached hydrogens (primary N) is 2. The van der Waals surface area contributed by atoms with Crippen LogP contribution < -0.4 is 22.1 Å². The van der Waals surface area contributed by atoms with Crippen LogP contribution in [0.25, 0.3) is 11.2 Å². The van der Waals surface area contributed by atoms with Gasteiger partial charge in [-0.1, -0.05) is 25.6 Å². The molecule has 0 saturated carbocycles. The van der Waals surface area contributed by atoms with Gasteiger partial charge in [0, 0.05) is 37.1 Å². The maximum Gasteiger partial charge on any atom is 0.481 e. The van der Waals surface area contributed by atoms with Crippen molar-refractivity contribution in [1.82, 2.24) is 30.2 Å². The molecular weight excluding hydrogens is 861 g/mol. The van der Waals surface area contributed by atoms with E-state index in [0.717, 1.165) is 29.0 Å². The van der Waals surface area contributed by atoms with E-state index in [1.54, 1.807) is 0 Å². The van der Waals surface area contributed by atoms with E-state index >= 15 is 0 Å². The number of imidazole rings is 1. The quantitative estimate of drug-likeness (QED) is 0.0316. The lowest BCUT2D eigenvalue weighted by Gasteiger charge is -2.30. The minimum Gasteiger partial charge on any atom is -0.386 e. The number of carbonyl (C=O) groups excluding carboxylic acids is 4. The fourth-order valence-electron chi connectivity index (χ4n) is 5.06. The van der Waals surface area contributed by atoms with E-state index in [-0.39, 0.29) is 66.0 Å². The van der Waals surface area contributed by atoms with Crippen LogP contribution in [-0.4, -0.2) is 135 Å². The number of ether oxygens (including phenoxy) is 1. The SMILES string of the molecule is CC(C)(COP(=O)(O)OP(=O)(O)OC[C@H]1O[C@@H](n2cnc3c(N)ncnc32)[C@H](O)[C@@H]1OP(=O)(O)O)[C@@H](O)C(=O)NCCC(=O)NCCSC(=O)CC(=O)CCCCN. The number of aliphatic hydroxyl groups is 2. The van der Waals surface area contributed by atoms with E-state index < -0.39 is 84.6 Å². The third-order valence-electron chi connectivity index (χ3n) is 8.02. The van der Waals surface area contributed by atoms with Crippen molar-refractivity contribution >= 4 is 74.9 Å². The molecule has 26 nitrogen and oxygen atoms in total. The van der Waals surface area contributed by atoms with E-state index in [2.05, 4.69) is 34.4 Å². The van der Waals surface area contributed by atoms with E-state index in [1.165, 1.54) is 13.8 Å². The zero-order valence-corrected chi connectivity index (χ0v) is 34.6. The zero-order chi connectivity index (χ0) is 43.5. The molecule has 3 rings (SSSR count). The first-order chi connectivity index (χ1) is 26.9. The lowest BCUT2D eigenvalue weighted by molar-refractivity contribution is -0.137. The number of carbonyl (C=O) groups is 4. The summed E-state index contributed by atoms with van der Waals surface area (Å²) in [6.07, 6.45) is -5.70. The molecule has 0 spiro atoms. The van der Waals surface area contributed by atoms with Crippen LogP contribution in [0.5, 0.6) is 0 Å². The number of rotatable bonds is 25. The first kappa shape index (κ1) is 49.6. The number of aliphatic hydroxyl groups excluding tert-OH is 2. The third-order valence-corrected chi connectivity index (χ3v) is 12.0. The van der Waals surface area contributed by atoms with Crippen LogP contribution in [-0.2, 0) is 55.5 Å². The van der Waals surface area contributed by atoms with Gasteiger partial charge in [0.05, 0.1) is 26.0 Å². The van der Waals surface area contributed by atoms with Gasteiger partial charge < -0.3 is 56.6 Å². The predicted molar refractivity (Wildman–Crippen MR) is 200 cm³/mol. The Morgan fingerprint density at radius 3 is 2.38 bits per heavy atom. The molecule has 58 heavy (non-hydrogen) atoms. The number of hydrogen-bond acceptors (Lipinski definition) is 20. The van der Waals surface area contributed by atoms with Crippen LogP contribution >= 0.6 is 35.2 Å². The number of unbranched alkanes of at least 4 members (excludes halogenated alkanes) is 1. The molecule has 0 bridgehead atoms. The average Bonchev–Trinajstić information content (AvgIpc) is 3.68. The van der Waals surface area contributed by atoms with E-state index in [1.807, 2.05) is 0 Å². The number of Topliss-reactive ketones (excluding diaryl/α,β-unsaturated/α-hetero) is 1. The minimum atomic E-state index is -5.59. The van der Waals surface area contributed by atoms with Crippen LogP contribution in [0.3, 0.4) is 0 Å². The van der Waals surface area contributed by atoms with Gasteiger partial charge in [0.15, 0.2) is 22.8 Å². The Kier molecular flexibility index (Phi) is 18.5. The summed E-state index contributed by atoms with van der Waals surface area (Å²) in [7, 11) is -16.4. The van der Waals surface area contributed by atoms with Crippen LogP contribution in [0.1, 0.15) is 52.2 Å². The number of amides is 2. The van der Waals surface area contributed by atoms with Gasteiger partial charge in [-0.2, -0.15) is 4.31 Å². The third kappa shape index (κ3) is 15.7. The number of ketones is 1. The van der Waals surface area contributed by atoms with Gasteiger partial charge in [-0.15, -0.1) is 0 Å². The van der Waals surface area contributed by atoms with Gasteiger partial charge in [-0.25, -0.2) is 28.6 Å². The highest BCUT2D eigenvalue weighted by Crippen LogP contribution is 2.61. The van der Waals surface area contributed by atoms with Gasteiger partial charge in [-0.05, 0) is 19.4 Å². The number of nitrogens with zero attached hydrogens (tertiary/aromatic N) is 4. The molecule has 328 valence electrons. The average molecular weight is 909 g/mol. The zero-order valence-electron chi connectivity index (χ0n) is 31.1. The molecular formula is C28H47N8O18P3S.